The fraction of sp³-hybridized carbons (Fsp3) is 0.800. The van der Waals surface area contributed by atoms with Crippen LogP contribution in [0.25, 0.3) is 0 Å². The van der Waals surface area contributed by atoms with E-state index in [9.17, 15) is 0 Å². The molecule has 3 atom stereocenters. The van der Waals surface area contributed by atoms with Crippen LogP contribution in [0.3, 0.4) is 0 Å². The number of rotatable bonds is 7. The number of nitrogens with zero attached hydrogens (tertiary/aromatic N) is 2. The van der Waals surface area contributed by atoms with Crippen molar-refractivity contribution < 1.29 is 13.8 Å². The Labute approximate surface area is 103 Å². The summed E-state index contributed by atoms with van der Waals surface area (Å²) in [6.07, 6.45) is 3.39. The summed E-state index contributed by atoms with van der Waals surface area (Å²) in [6.45, 7) is 2.80. The molecule has 0 radical (unpaired) electrons. The monoisotopic (exact) mass is 259 g/mol. The first kappa shape index (κ1) is 14.3. The molecule has 1 aliphatic rings. The molecule has 96 valence electrons. The van der Waals surface area contributed by atoms with Gasteiger partial charge in [0.15, 0.2) is 14.6 Å². The fourth-order valence-electron chi connectivity index (χ4n) is 1.46. The van der Waals surface area contributed by atoms with Crippen LogP contribution in [0.2, 0.25) is 0 Å². The van der Waals surface area contributed by atoms with Gasteiger partial charge in [-0.3, -0.25) is 0 Å². The summed E-state index contributed by atoms with van der Waals surface area (Å²) in [5.41, 5.74) is 5.20. The lowest BCUT2D eigenvalue weighted by atomic mass is 10.2. The van der Waals surface area contributed by atoms with Crippen molar-refractivity contribution in [1.29, 1.82) is 5.26 Å². The molecule has 1 rings (SSSR count). The molecule has 0 aromatic heterocycles. The Morgan fingerprint density at radius 2 is 2.41 bits per heavy atom. The van der Waals surface area contributed by atoms with E-state index in [1.807, 2.05) is 12.7 Å². The second-order valence-electron chi connectivity index (χ2n) is 3.57. The summed E-state index contributed by atoms with van der Waals surface area (Å²) in [5, 5.41) is 8.35. The predicted molar refractivity (Wildman–Crippen MR) is 65.6 cm³/mol. The zero-order valence-electron chi connectivity index (χ0n) is 9.91. The van der Waals surface area contributed by atoms with Gasteiger partial charge in [-0.05, 0) is 12.8 Å². The van der Waals surface area contributed by atoms with E-state index in [4.69, 9.17) is 24.8 Å². The number of hydrogen-bond acceptors (Lipinski definition) is 5. The lowest BCUT2D eigenvalue weighted by molar-refractivity contribution is 0.0219. The lowest BCUT2D eigenvalue weighted by Crippen LogP contribution is -2.15. The zero-order chi connectivity index (χ0) is 12.5. The predicted octanol–water partition coefficient (Wildman–Crippen LogP) is 1.37. The van der Waals surface area contributed by atoms with Crippen LogP contribution in [0.5, 0.6) is 0 Å². The van der Waals surface area contributed by atoms with Crippen LogP contribution in [0.15, 0.2) is 4.99 Å². The summed E-state index contributed by atoms with van der Waals surface area (Å²) in [6, 6.07) is 2.02. The Bertz CT molecular complexity index is 282. The van der Waals surface area contributed by atoms with Gasteiger partial charge in [-0.25, -0.2) is 4.99 Å². The van der Waals surface area contributed by atoms with Gasteiger partial charge in [-0.1, -0.05) is 0 Å². The minimum absolute atomic E-state index is 0.0632. The van der Waals surface area contributed by atoms with Crippen LogP contribution in [-0.4, -0.2) is 38.5 Å². The van der Waals surface area contributed by atoms with Crippen LogP contribution < -0.4 is 5.73 Å². The van der Waals surface area contributed by atoms with Gasteiger partial charge in [0.05, 0.1) is 38.1 Å². The van der Waals surface area contributed by atoms with Gasteiger partial charge in [0.25, 0.3) is 0 Å². The van der Waals surface area contributed by atoms with Crippen LogP contribution >= 0.6 is 8.38 Å². The van der Waals surface area contributed by atoms with Crippen molar-refractivity contribution in [2.24, 2.45) is 10.7 Å². The van der Waals surface area contributed by atoms with E-state index >= 15 is 0 Å². The molecular formula is C10H18N3O3P. The number of aliphatic imine (C=N–C) groups is 1. The summed E-state index contributed by atoms with van der Waals surface area (Å²) in [5.74, 6) is 0. The molecule has 6 nitrogen and oxygen atoms in total. The molecule has 17 heavy (non-hydrogen) atoms. The molecule has 1 saturated heterocycles. The third-order valence-corrected chi connectivity index (χ3v) is 3.33. The lowest BCUT2D eigenvalue weighted by Gasteiger charge is -2.15. The molecule has 1 aliphatic heterocycles. The van der Waals surface area contributed by atoms with E-state index in [-0.39, 0.29) is 12.3 Å². The molecule has 2 N–H and O–H groups in total. The highest BCUT2D eigenvalue weighted by Gasteiger charge is 2.25. The van der Waals surface area contributed by atoms with E-state index < -0.39 is 8.38 Å². The molecular weight excluding hydrogens is 241 g/mol. The van der Waals surface area contributed by atoms with E-state index in [0.29, 0.717) is 19.6 Å². The molecule has 0 spiro atoms. The standard InChI is InChI=1S/C10H18N3O3P/c1-17(14-6-2-5-11)15-7-9-3-4-10(16-9)13-8-12/h8-10H,2-4,6-7H2,1H3,(H2,12,13)/t9-,10+,17?/m0/s1. The average Bonchev–Trinajstić information content (AvgIpc) is 2.75. The zero-order valence-corrected chi connectivity index (χ0v) is 10.8. The second-order valence-corrected chi connectivity index (χ2v) is 4.96. The summed E-state index contributed by atoms with van der Waals surface area (Å²) >= 11 is 0. The van der Waals surface area contributed by atoms with Crippen LogP contribution in [-0.2, 0) is 13.8 Å². The van der Waals surface area contributed by atoms with E-state index in [2.05, 4.69) is 4.99 Å². The van der Waals surface area contributed by atoms with E-state index in [1.165, 1.54) is 6.34 Å². The summed E-state index contributed by atoms with van der Waals surface area (Å²) in [4.78, 5) is 3.97. The molecule has 0 saturated carbocycles. The molecule has 0 aliphatic carbocycles. The Morgan fingerprint density at radius 3 is 3.12 bits per heavy atom. The normalized spacial score (nSPS) is 26.1. The van der Waals surface area contributed by atoms with Crippen molar-refractivity contribution in [3.05, 3.63) is 0 Å². The molecule has 1 unspecified atom stereocenters. The highest BCUT2D eigenvalue weighted by molar-refractivity contribution is 7.46. The van der Waals surface area contributed by atoms with Crippen molar-refractivity contribution in [3.8, 4) is 6.07 Å². The van der Waals surface area contributed by atoms with E-state index in [0.717, 1.165) is 12.8 Å². The maximum Gasteiger partial charge on any atom is 0.167 e. The molecule has 0 aromatic carbocycles. The van der Waals surface area contributed by atoms with Crippen molar-refractivity contribution in [2.45, 2.75) is 31.6 Å². The van der Waals surface area contributed by atoms with Gasteiger partial charge >= 0.3 is 0 Å². The van der Waals surface area contributed by atoms with Crippen LogP contribution in [0, 0.1) is 11.3 Å². The van der Waals surface area contributed by atoms with Crippen LogP contribution in [0.1, 0.15) is 19.3 Å². The quantitative estimate of drug-likeness (QED) is 0.323. The number of nitriles is 1. The van der Waals surface area contributed by atoms with Crippen molar-refractivity contribution in [3.63, 3.8) is 0 Å². The maximum absolute atomic E-state index is 8.35. The van der Waals surface area contributed by atoms with Crippen molar-refractivity contribution >= 4 is 14.7 Å². The SMILES string of the molecule is CP(OCCC#N)OC[C@@H]1CC[C@H](N=CN)O1. The first-order valence-electron chi connectivity index (χ1n) is 5.51. The van der Waals surface area contributed by atoms with Crippen LogP contribution in [0.4, 0.5) is 0 Å². The van der Waals surface area contributed by atoms with Gasteiger partial charge in [0.2, 0.25) is 0 Å². The molecule has 1 fully saturated rings. The minimum Gasteiger partial charge on any atom is -0.390 e. The summed E-state index contributed by atoms with van der Waals surface area (Å²) in [7, 11) is -0.925. The van der Waals surface area contributed by atoms with E-state index in [1.54, 1.807) is 0 Å². The fourth-order valence-corrected chi connectivity index (χ4v) is 2.26. The smallest absolute Gasteiger partial charge is 0.167 e. The van der Waals surface area contributed by atoms with Gasteiger partial charge in [-0.15, -0.1) is 0 Å². The number of hydrogen-bond donors (Lipinski definition) is 1. The summed E-state index contributed by atoms with van der Waals surface area (Å²) < 4.78 is 16.4. The third kappa shape index (κ3) is 5.94. The van der Waals surface area contributed by atoms with Gasteiger partial charge < -0.3 is 19.5 Å². The Hall–Kier alpha value is -0.730. The Balaban J connectivity index is 2.09. The minimum atomic E-state index is -0.925. The molecule has 1 heterocycles. The topological polar surface area (TPSA) is 89.9 Å². The molecule has 7 heteroatoms. The van der Waals surface area contributed by atoms with Crippen molar-refractivity contribution in [2.75, 3.05) is 19.9 Å². The number of nitrogens with two attached hydrogens (primary N) is 1. The molecule has 0 aromatic rings. The Kier molecular flexibility index (Phi) is 7.06. The first-order valence-corrected chi connectivity index (χ1v) is 7.14. The third-order valence-electron chi connectivity index (χ3n) is 2.27. The second kappa shape index (κ2) is 8.37. The highest BCUT2D eigenvalue weighted by atomic mass is 31.2. The molecule has 0 amide bonds. The highest BCUT2D eigenvalue weighted by Crippen LogP contribution is 2.34. The maximum atomic E-state index is 8.35. The van der Waals surface area contributed by atoms with Gasteiger partial charge in [0, 0.05) is 6.66 Å². The van der Waals surface area contributed by atoms with Gasteiger partial charge in [0.1, 0.15) is 0 Å². The van der Waals surface area contributed by atoms with Crippen molar-refractivity contribution in [1.82, 2.24) is 0 Å². The Morgan fingerprint density at radius 1 is 1.59 bits per heavy atom. The average molecular weight is 259 g/mol. The molecule has 0 bridgehead atoms. The largest absolute Gasteiger partial charge is 0.390 e. The first-order chi connectivity index (χ1) is 8.26. The number of ether oxygens (including phenoxy) is 1. The van der Waals surface area contributed by atoms with Gasteiger partial charge in [-0.2, -0.15) is 5.26 Å².